The minimum Gasteiger partial charge on any atom is -0.468 e. The van der Waals surface area contributed by atoms with Crippen LogP contribution in [0.25, 0.3) is 0 Å². The quantitative estimate of drug-likeness (QED) is 0.677. The highest BCUT2D eigenvalue weighted by Crippen LogP contribution is 2.47. The van der Waals surface area contributed by atoms with Gasteiger partial charge < -0.3 is 10.1 Å². The number of rotatable bonds is 4. The van der Waals surface area contributed by atoms with Crippen molar-refractivity contribution in [1.29, 1.82) is 0 Å². The molecule has 1 aromatic carbocycles. The van der Waals surface area contributed by atoms with Gasteiger partial charge in [-0.15, -0.1) is 0 Å². The molecular weight excluding hydrogens is 299 g/mol. The number of carbonyl (C=O) groups excluding carboxylic acids is 2. The number of hydrogen-bond acceptors (Lipinski definition) is 4. The molecule has 124 valence electrons. The average molecular weight is 320 g/mol. The predicted molar refractivity (Wildman–Crippen MR) is 82.0 cm³/mol. The van der Waals surface area contributed by atoms with E-state index in [1.165, 1.54) is 19.2 Å². The third kappa shape index (κ3) is 2.83. The maximum absolute atomic E-state index is 13.1. The number of nitrogens with zero attached hydrogens (tertiary/aromatic N) is 1. The Morgan fingerprint density at radius 1 is 1.30 bits per heavy atom. The molecule has 5 nitrogen and oxygen atoms in total. The number of benzene rings is 1. The molecule has 0 unspecified atom stereocenters. The molecule has 2 atom stereocenters. The molecule has 1 saturated carbocycles. The number of halogens is 1. The van der Waals surface area contributed by atoms with E-state index in [0.717, 1.165) is 18.5 Å². The fourth-order valence-corrected chi connectivity index (χ4v) is 3.40. The maximum atomic E-state index is 13.1. The van der Waals surface area contributed by atoms with Crippen LogP contribution >= 0.6 is 0 Å². The summed E-state index contributed by atoms with van der Waals surface area (Å²) in [7, 11) is 3.29. The third-order valence-electron chi connectivity index (χ3n) is 4.94. The number of nitrogens with one attached hydrogen (secondary N) is 1. The van der Waals surface area contributed by atoms with Crippen LogP contribution < -0.4 is 5.32 Å². The molecule has 1 saturated heterocycles. The second-order valence-corrected chi connectivity index (χ2v) is 6.42. The summed E-state index contributed by atoms with van der Waals surface area (Å²) in [6.07, 6.45) is 1.87. The molecule has 2 aliphatic rings. The molecule has 1 heterocycles. The molecule has 23 heavy (non-hydrogen) atoms. The first-order valence-corrected chi connectivity index (χ1v) is 7.83. The molecule has 1 aromatic rings. The molecule has 0 radical (unpaired) electrons. The van der Waals surface area contributed by atoms with Crippen LogP contribution in [0.5, 0.6) is 0 Å². The largest absolute Gasteiger partial charge is 0.468 e. The minimum atomic E-state index is -0.997. The Kier molecular flexibility index (Phi) is 4.10. The van der Waals surface area contributed by atoms with Gasteiger partial charge in [-0.2, -0.15) is 0 Å². The van der Waals surface area contributed by atoms with Crippen molar-refractivity contribution in [1.82, 2.24) is 10.2 Å². The van der Waals surface area contributed by atoms with Gasteiger partial charge in [-0.05, 0) is 44.0 Å². The second-order valence-electron chi connectivity index (χ2n) is 6.42. The van der Waals surface area contributed by atoms with Gasteiger partial charge in [0.15, 0.2) is 0 Å². The van der Waals surface area contributed by atoms with Crippen LogP contribution in [0.3, 0.4) is 0 Å². The van der Waals surface area contributed by atoms with E-state index in [2.05, 4.69) is 10.2 Å². The summed E-state index contributed by atoms with van der Waals surface area (Å²) in [6.45, 7) is 0.832. The molecule has 3 rings (SSSR count). The molecule has 1 N–H and O–H groups in total. The Bertz CT molecular complexity index is 613. The van der Waals surface area contributed by atoms with Gasteiger partial charge in [0.25, 0.3) is 0 Å². The first-order valence-electron chi connectivity index (χ1n) is 7.83. The number of carbonyl (C=O) groups is 2. The summed E-state index contributed by atoms with van der Waals surface area (Å²) >= 11 is 0. The summed E-state index contributed by atoms with van der Waals surface area (Å²) in [5.74, 6) is -0.992. The van der Waals surface area contributed by atoms with Gasteiger partial charge in [-0.25, -0.2) is 4.39 Å². The molecule has 1 amide bonds. The number of amides is 1. The van der Waals surface area contributed by atoms with E-state index in [4.69, 9.17) is 4.74 Å². The topological polar surface area (TPSA) is 58.6 Å². The van der Waals surface area contributed by atoms with Gasteiger partial charge in [-0.1, -0.05) is 12.1 Å². The molecule has 2 fully saturated rings. The van der Waals surface area contributed by atoms with Crippen LogP contribution in [-0.2, 0) is 14.3 Å². The van der Waals surface area contributed by atoms with Gasteiger partial charge in [0.1, 0.15) is 11.2 Å². The number of likely N-dealkylation sites (N-methyl/N-ethyl adjacent to an activating group) is 1. The lowest BCUT2D eigenvalue weighted by Gasteiger charge is -2.27. The number of ether oxygens (including phenoxy) is 1. The van der Waals surface area contributed by atoms with Gasteiger partial charge in [0, 0.05) is 12.6 Å². The Hall–Kier alpha value is -1.95. The van der Waals surface area contributed by atoms with Crippen molar-refractivity contribution in [3.05, 3.63) is 35.6 Å². The molecule has 0 bridgehead atoms. The zero-order chi connectivity index (χ0) is 16.6. The van der Waals surface area contributed by atoms with E-state index in [1.807, 2.05) is 7.05 Å². The van der Waals surface area contributed by atoms with Crippen LogP contribution in [0.2, 0.25) is 0 Å². The summed E-state index contributed by atoms with van der Waals surface area (Å²) in [5, 5.41) is 3.02. The standard InChI is InChI=1S/C17H21FN2O3/c1-20-10-7-13(14(20)11-3-5-12(18)6-4-11)19-15(21)17(8-9-17)16(22)23-2/h3-6,13-14H,7-10H2,1-2H3,(H,19,21)/t13-,14+/m0/s1. The zero-order valence-corrected chi connectivity index (χ0v) is 13.3. The Balaban J connectivity index is 1.75. The van der Waals surface area contributed by atoms with Crippen LogP contribution in [0, 0.1) is 11.2 Å². The van der Waals surface area contributed by atoms with Crippen molar-refractivity contribution < 1.29 is 18.7 Å². The zero-order valence-electron chi connectivity index (χ0n) is 13.3. The number of likely N-dealkylation sites (tertiary alicyclic amines) is 1. The van der Waals surface area contributed by atoms with E-state index >= 15 is 0 Å². The van der Waals surface area contributed by atoms with E-state index in [0.29, 0.717) is 12.8 Å². The number of esters is 1. The van der Waals surface area contributed by atoms with Crippen molar-refractivity contribution >= 4 is 11.9 Å². The highest BCUT2D eigenvalue weighted by atomic mass is 19.1. The fraction of sp³-hybridized carbons (Fsp3) is 0.529. The lowest BCUT2D eigenvalue weighted by atomic mass is 9.98. The van der Waals surface area contributed by atoms with Crippen molar-refractivity contribution in [2.75, 3.05) is 20.7 Å². The molecule has 0 aromatic heterocycles. The van der Waals surface area contributed by atoms with Crippen LogP contribution in [0.4, 0.5) is 4.39 Å². The molecule has 1 aliphatic carbocycles. The minimum absolute atomic E-state index is 0.0204. The number of hydrogen-bond donors (Lipinski definition) is 1. The summed E-state index contributed by atoms with van der Waals surface area (Å²) in [6, 6.07) is 6.23. The smallest absolute Gasteiger partial charge is 0.321 e. The highest BCUT2D eigenvalue weighted by molar-refractivity contribution is 6.05. The summed E-state index contributed by atoms with van der Waals surface area (Å²) < 4.78 is 17.9. The van der Waals surface area contributed by atoms with Gasteiger partial charge >= 0.3 is 5.97 Å². The van der Waals surface area contributed by atoms with Crippen LogP contribution in [0.1, 0.15) is 30.9 Å². The highest BCUT2D eigenvalue weighted by Gasteiger charge is 2.58. The molecule has 6 heteroatoms. The van der Waals surface area contributed by atoms with E-state index in [-0.39, 0.29) is 23.8 Å². The Morgan fingerprint density at radius 2 is 1.96 bits per heavy atom. The molecule has 1 aliphatic heterocycles. The lowest BCUT2D eigenvalue weighted by molar-refractivity contribution is -0.152. The molecule has 0 spiro atoms. The van der Waals surface area contributed by atoms with Crippen molar-refractivity contribution in [2.24, 2.45) is 5.41 Å². The maximum Gasteiger partial charge on any atom is 0.321 e. The third-order valence-corrected chi connectivity index (χ3v) is 4.94. The van der Waals surface area contributed by atoms with E-state index < -0.39 is 11.4 Å². The van der Waals surface area contributed by atoms with Crippen LogP contribution in [-0.4, -0.2) is 43.5 Å². The Labute approximate surface area is 134 Å². The van der Waals surface area contributed by atoms with Gasteiger partial charge in [0.2, 0.25) is 5.91 Å². The lowest BCUT2D eigenvalue weighted by Crippen LogP contribution is -2.45. The average Bonchev–Trinajstić information content (AvgIpc) is 3.28. The van der Waals surface area contributed by atoms with Crippen molar-refractivity contribution in [3.8, 4) is 0 Å². The molecular formula is C17H21FN2O3. The van der Waals surface area contributed by atoms with Crippen molar-refractivity contribution in [2.45, 2.75) is 31.3 Å². The number of methoxy groups -OCH3 is 1. The Morgan fingerprint density at radius 3 is 2.52 bits per heavy atom. The van der Waals surface area contributed by atoms with Gasteiger partial charge in [-0.3, -0.25) is 14.5 Å². The fourth-order valence-electron chi connectivity index (χ4n) is 3.40. The van der Waals surface area contributed by atoms with Crippen molar-refractivity contribution in [3.63, 3.8) is 0 Å². The summed E-state index contributed by atoms with van der Waals surface area (Å²) in [5.41, 5.74) is -0.0388. The monoisotopic (exact) mass is 320 g/mol. The normalized spacial score (nSPS) is 25.9. The van der Waals surface area contributed by atoms with E-state index in [9.17, 15) is 14.0 Å². The first-order chi connectivity index (χ1) is 11.0. The van der Waals surface area contributed by atoms with E-state index in [1.54, 1.807) is 12.1 Å². The second kappa shape index (κ2) is 5.92. The van der Waals surface area contributed by atoms with Gasteiger partial charge in [0.05, 0.1) is 13.2 Å². The summed E-state index contributed by atoms with van der Waals surface area (Å²) in [4.78, 5) is 26.5. The SMILES string of the molecule is COC(=O)C1(C(=O)N[C@H]2CCN(C)[C@@H]2c2ccc(F)cc2)CC1. The predicted octanol–water partition coefficient (Wildman–Crippen LogP) is 1.64. The first kappa shape index (κ1) is 15.9. The van der Waals surface area contributed by atoms with Crippen LogP contribution in [0.15, 0.2) is 24.3 Å².